The van der Waals surface area contributed by atoms with Crippen LogP contribution in [-0.4, -0.2) is 8.42 Å². The quantitative estimate of drug-likeness (QED) is 0.828. The molecule has 0 aliphatic carbocycles. The van der Waals surface area contributed by atoms with E-state index < -0.39 is 10.0 Å². The summed E-state index contributed by atoms with van der Waals surface area (Å²) in [6.07, 6.45) is 0. The van der Waals surface area contributed by atoms with Gasteiger partial charge in [-0.15, -0.1) is 0 Å². The van der Waals surface area contributed by atoms with Gasteiger partial charge in [-0.25, -0.2) is 13.6 Å². The zero-order valence-electron chi connectivity index (χ0n) is 10.5. The molecule has 0 unspecified atom stereocenters. The van der Waals surface area contributed by atoms with Crippen LogP contribution in [0.4, 0.5) is 0 Å². The highest BCUT2D eigenvalue weighted by Crippen LogP contribution is 2.35. The van der Waals surface area contributed by atoms with Gasteiger partial charge in [0.15, 0.2) is 5.75 Å². The molecule has 2 N–H and O–H groups in total. The van der Waals surface area contributed by atoms with Gasteiger partial charge in [0.05, 0.1) is 5.02 Å². The van der Waals surface area contributed by atoms with Crippen LogP contribution in [0.1, 0.15) is 5.56 Å². The Labute approximate surface area is 141 Å². The predicted octanol–water partition coefficient (Wildman–Crippen LogP) is 3.98. The first-order valence-electron chi connectivity index (χ1n) is 5.66. The minimum Gasteiger partial charge on any atom is -0.486 e. The Balaban J connectivity index is 2.33. The molecule has 0 spiro atoms. The average molecular weight is 411 g/mol. The maximum Gasteiger partial charge on any atom is 0.241 e. The molecule has 8 heteroatoms. The van der Waals surface area contributed by atoms with Crippen LogP contribution in [0.5, 0.6) is 5.75 Å². The highest BCUT2D eigenvalue weighted by molar-refractivity contribution is 9.10. The van der Waals surface area contributed by atoms with E-state index in [2.05, 4.69) is 15.9 Å². The van der Waals surface area contributed by atoms with Gasteiger partial charge in [0.25, 0.3) is 0 Å². The summed E-state index contributed by atoms with van der Waals surface area (Å²) in [4.78, 5) is -0.171. The molecule has 0 saturated heterocycles. The Morgan fingerprint density at radius 1 is 1.14 bits per heavy atom. The normalized spacial score (nSPS) is 11.4. The number of rotatable bonds is 4. The summed E-state index contributed by atoms with van der Waals surface area (Å²) in [7, 11) is -3.95. The zero-order chi connectivity index (χ0) is 15.6. The highest BCUT2D eigenvalue weighted by Gasteiger charge is 2.19. The van der Waals surface area contributed by atoms with Gasteiger partial charge in [0.1, 0.15) is 11.5 Å². The molecular weight excluding hydrogens is 401 g/mol. The van der Waals surface area contributed by atoms with Gasteiger partial charge < -0.3 is 4.74 Å². The molecule has 0 atom stereocenters. The lowest BCUT2D eigenvalue weighted by atomic mass is 10.2. The van der Waals surface area contributed by atoms with Gasteiger partial charge in [0, 0.05) is 9.50 Å². The molecule has 2 rings (SSSR count). The minimum atomic E-state index is -3.95. The highest BCUT2D eigenvalue weighted by atomic mass is 79.9. The fourth-order valence-electron chi connectivity index (χ4n) is 1.62. The van der Waals surface area contributed by atoms with Gasteiger partial charge in [0.2, 0.25) is 10.0 Å². The number of hydrogen-bond donors (Lipinski definition) is 1. The first-order chi connectivity index (χ1) is 9.77. The molecule has 0 aromatic heterocycles. The van der Waals surface area contributed by atoms with E-state index in [0.717, 1.165) is 5.56 Å². The van der Waals surface area contributed by atoms with Crippen molar-refractivity contribution in [3.8, 4) is 5.75 Å². The first kappa shape index (κ1) is 16.6. The van der Waals surface area contributed by atoms with E-state index in [1.807, 2.05) is 0 Å². The van der Waals surface area contributed by atoms with Crippen LogP contribution in [0.25, 0.3) is 0 Å². The Bertz CT molecular complexity index is 764. The molecule has 0 saturated carbocycles. The number of hydrogen-bond acceptors (Lipinski definition) is 3. The molecule has 0 bridgehead atoms. The van der Waals surface area contributed by atoms with E-state index in [9.17, 15) is 8.42 Å². The molecule has 0 radical (unpaired) electrons. The van der Waals surface area contributed by atoms with Gasteiger partial charge in [-0.3, -0.25) is 0 Å². The number of primary sulfonamides is 1. The third kappa shape index (κ3) is 4.34. The lowest BCUT2D eigenvalue weighted by molar-refractivity contribution is 0.298. The standard InChI is InChI=1S/C13H10BrCl2NO3S/c14-9-5-11(16)13(12(6-9)21(17,18)19)20-7-8-1-3-10(15)4-2-8/h1-6H,7H2,(H2,17,18,19). The largest absolute Gasteiger partial charge is 0.486 e. The molecule has 2 aromatic carbocycles. The molecular formula is C13H10BrCl2NO3S. The Morgan fingerprint density at radius 2 is 1.76 bits per heavy atom. The smallest absolute Gasteiger partial charge is 0.241 e. The Morgan fingerprint density at radius 3 is 2.33 bits per heavy atom. The van der Waals surface area contributed by atoms with Crippen molar-refractivity contribution in [2.45, 2.75) is 11.5 Å². The molecule has 2 aromatic rings. The second-order valence-electron chi connectivity index (χ2n) is 4.18. The number of ether oxygens (including phenoxy) is 1. The third-order valence-electron chi connectivity index (χ3n) is 2.58. The molecule has 21 heavy (non-hydrogen) atoms. The molecule has 0 aliphatic rings. The lowest BCUT2D eigenvalue weighted by Crippen LogP contribution is -2.14. The Kier molecular flexibility index (Phi) is 5.16. The lowest BCUT2D eigenvalue weighted by Gasteiger charge is -2.12. The topological polar surface area (TPSA) is 69.4 Å². The summed E-state index contributed by atoms with van der Waals surface area (Å²) in [5, 5.41) is 5.94. The van der Waals surface area contributed by atoms with Crippen molar-refractivity contribution in [3.05, 3.63) is 56.5 Å². The minimum absolute atomic E-state index is 0.0253. The van der Waals surface area contributed by atoms with Crippen LogP contribution in [0.15, 0.2) is 45.8 Å². The fraction of sp³-hybridized carbons (Fsp3) is 0.0769. The molecule has 4 nitrogen and oxygen atoms in total. The van der Waals surface area contributed by atoms with Crippen LogP contribution in [0.2, 0.25) is 10.0 Å². The van der Waals surface area contributed by atoms with Crippen LogP contribution < -0.4 is 9.88 Å². The molecule has 0 amide bonds. The molecule has 0 fully saturated rings. The van der Waals surface area contributed by atoms with E-state index in [0.29, 0.717) is 9.50 Å². The summed E-state index contributed by atoms with van der Waals surface area (Å²) in [6, 6.07) is 9.84. The van der Waals surface area contributed by atoms with E-state index in [1.54, 1.807) is 24.3 Å². The predicted molar refractivity (Wildman–Crippen MR) is 86.3 cm³/mol. The summed E-state index contributed by atoms with van der Waals surface area (Å²) < 4.78 is 29.2. The van der Waals surface area contributed by atoms with E-state index >= 15 is 0 Å². The van der Waals surface area contributed by atoms with Gasteiger partial charge in [-0.1, -0.05) is 51.3 Å². The van der Waals surface area contributed by atoms with Crippen molar-refractivity contribution in [1.82, 2.24) is 0 Å². The number of sulfonamides is 1. The first-order valence-corrected chi connectivity index (χ1v) is 8.76. The maximum atomic E-state index is 11.6. The number of halogens is 3. The van der Waals surface area contributed by atoms with Crippen LogP contribution in [-0.2, 0) is 16.6 Å². The third-order valence-corrected chi connectivity index (χ3v) is 4.48. The second-order valence-corrected chi connectivity index (χ2v) is 7.46. The van der Waals surface area contributed by atoms with Crippen LogP contribution >= 0.6 is 39.1 Å². The van der Waals surface area contributed by atoms with Crippen molar-refractivity contribution in [3.63, 3.8) is 0 Å². The number of nitrogens with two attached hydrogens (primary N) is 1. The van der Waals surface area contributed by atoms with E-state index in [1.165, 1.54) is 12.1 Å². The van der Waals surface area contributed by atoms with Crippen molar-refractivity contribution in [2.75, 3.05) is 0 Å². The summed E-state index contributed by atoms with van der Waals surface area (Å²) in [5.41, 5.74) is 0.818. The number of benzene rings is 2. The summed E-state index contributed by atoms with van der Waals surface area (Å²) in [5.74, 6) is 0.0253. The SMILES string of the molecule is NS(=O)(=O)c1cc(Br)cc(Cl)c1OCc1ccc(Cl)cc1. The van der Waals surface area contributed by atoms with Gasteiger partial charge >= 0.3 is 0 Å². The monoisotopic (exact) mass is 409 g/mol. The van der Waals surface area contributed by atoms with Crippen LogP contribution in [0.3, 0.4) is 0 Å². The van der Waals surface area contributed by atoms with Crippen molar-refractivity contribution < 1.29 is 13.2 Å². The van der Waals surface area contributed by atoms with Crippen molar-refractivity contribution >= 4 is 49.2 Å². The zero-order valence-corrected chi connectivity index (χ0v) is 14.4. The second kappa shape index (κ2) is 6.54. The molecule has 0 heterocycles. The van der Waals surface area contributed by atoms with Gasteiger partial charge in [-0.2, -0.15) is 0 Å². The summed E-state index contributed by atoms with van der Waals surface area (Å²) in [6.45, 7) is 0.140. The Hall–Kier alpha value is -0.790. The summed E-state index contributed by atoms with van der Waals surface area (Å²) >= 11 is 15.0. The van der Waals surface area contributed by atoms with E-state index in [-0.39, 0.29) is 22.3 Å². The molecule has 112 valence electrons. The van der Waals surface area contributed by atoms with Crippen molar-refractivity contribution in [1.29, 1.82) is 0 Å². The van der Waals surface area contributed by atoms with E-state index in [4.69, 9.17) is 33.1 Å². The molecule has 0 aliphatic heterocycles. The maximum absolute atomic E-state index is 11.6. The average Bonchev–Trinajstić information content (AvgIpc) is 2.38. The fourth-order valence-corrected chi connectivity index (χ4v) is 3.54. The van der Waals surface area contributed by atoms with Crippen LogP contribution in [0, 0.1) is 0 Å². The van der Waals surface area contributed by atoms with Gasteiger partial charge in [-0.05, 0) is 29.8 Å². The van der Waals surface area contributed by atoms with Crippen molar-refractivity contribution in [2.24, 2.45) is 5.14 Å².